The fourth-order valence-corrected chi connectivity index (χ4v) is 1.88. The molecule has 0 bridgehead atoms. The van der Waals surface area contributed by atoms with E-state index in [9.17, 15) is 4.79 Å². The normalized spacial score (nSPS) is 10.0. The van der Waals surface area contributed by atoms with Gasteiger partial charge in [0.25, 0.3) is 5.91 Å². The van der Waals surface area contributed by atoms with Crippen LogP contribution in [0.3, 0.4) is 0 Å². The van der Waals surface area contributed by atoms with E-state index in [2.05, 4.69) is 10.3 Å². The lowest BCUT2D eigenvalue weighted by molar-refractivity contribution is 0.0953. The number of methoxy groups -OCH3 is 2. The monoisotopic (exact) mass is 286 g/mol. The van der Waals surface area contributed by atoms with E-state index >= 15 is 0 Å². The Morgan fingerprint density at radius 3 is 2.57 bits per heavy atom. The number of aromatic nitrogens is 1. The maximum atomic E-state index is 12.0. The molecule has 0 unspecified atom stereocenters. The van der Waals surface area contributed by atoms with Crippen LogP contribution in [0.1, 0.15) is 15.9 Å². The van der Waals surface area contributed by atoms with Gasteiger partial charge in [0.1, 0.15) is 5.75 Å². The highest BCUT2D eigenvalue weighted by Gasteiger charge is 2.06. The predicted molar refractivity (Wildman–Crippen MR) is 79.8 cm³/mol. The number of hydrogen-bond acceptors (Lipinski definition) is 4. The Hall–Kier alpha value is -2.56. The molecule has 21 heavy (non-hydrogen) atoms. The first-order valence-corrected chi connectivity index (χ1v) is 6.64. The first-order chi connectivity index (χ1) is 10.2. The highest BCUT2D eigenvalue weighted by Crippen LogP contribution is 2.11. The summed E-state index contributed by atoms with van der Waals surface area (Å²) < 4.78 is 10.1. The summed E-state index contributed by atoms with van der Waals surface area (Å²) in [5.74, 6) is 1.12. The lowest BCUT2D eigenvalue weighted by Gasteiger charge is -2.07. The molecular weight excluding hydrogens is 268 g/mol. The molecule has 0 saturated carbocycles. The number of carbonyl (C=O) groups excluding carboxylic acids is 1. The Labute approximate surface area is 123 Å². The second-order valence-electron chi connectivity index (χ2n) is 4.44. The predicted octanol–water partition coefficient (Wildman–Crippen LogP) is 2.07. The van der Waals surface area contributed by atoms with Gasteiger partial charge in [-0.2, -0.15) is 0 Å². The molecule has 1 amide bonds. The van der Waals surface area contributed by atoms with E-state index in [4.69, 9.17) is 9.47 Å². The molecule has 1 heterocycles. The van der Waals surface area contributed by atoms with Crippen LogP contribution in [0.25, 0.3) is 0 Å². The van der Waals surface area contributed by atoms with E-state index in [1.807, 2.05) is 24.3 Å². The molecule has 0 saturated heterocycles. The number of carbonyl (C=O) groups is 1. The molecule has 5 heteroatoms. The summed E-state index contributed by atoms with van der Waals surface area (Å²) in [6.07, 6.45) is 2.31. The summed E-state index contributed by atoms with van der Waals surface area (Å²) in [7, 11) is 3.16. The average molecular weight is 286 g/mol. The lowest BCUT2D eigenvalue weighted by atomic mass is 10.1. The Bertz CT molecular complexity index is 597. The number of nitrogens with zero attached hydrogens (tertiary/aromatic N) is 1. The van der Waals surface area contributed by atoms with Crippen molar-refractivity contribution in [3.8, 4) is 11.6 Å². The minimum Gasteiger partial charge on any atom is -0.497 e. The maximum absolute atomic E-state index is 12.0. The minimum atomic E-state index is -0.135. The zero-order chi connectivity index (χ0) is 15.1. The molecule has 0 fully saturated rings. The van der Waals surface area contributed by atoms with E-state index in [1.165, 1.54) is 7.11 Å². The molecule has 0 atom stereocenters. The molecule has 0 aliphatic carbocycles. The van der Waals surface area contributed by atoms with Gasteiger partial charge in [-0.1, -0.05) is 12.1 Å². The molecule has 0 aliphatic heterocycles. The number of benzene rings is 1. The van der Waals surface area contributed by atoms with E-state index in [0.29, 0.717) is 18.0 Å². The fraction of sp³-hybridized carbons (Fsp3) is 0.250. The second kappa shape index (κ2) is 7.28. The van der Waals surface area contributed by atoms with E-state index in [-0.39, 0.29) is 5.91 Å². The molecule has 5 nitrogen and oxygen atoms in total. The van der Waals surface area contributed by atoms with Gasteiger partial charge in [0.15, 0.2) is 0 Å². The third-order valence-electron chi connectivity index (χ3n) is 3.06. The van der Waals surface area contributed by atoms with Crippen molar-refractivity contribution in [3.63, 3.8) is 0 Å². The smallest absolute Gasteiger partial charge is 0.251 e. The Morgan fingerprint density at radius 2 is 1.90 bits per heavy atom. The molecule has 1 aromatic heterocycles. The summed E-state index contributed by atoms with van der Waals surface area (Å²) in [6, 6.07) is 11.1. The summed E-state index contributed by atoms with van der Waals surface area (Å²) in [4.78, 5) is 16.0. The summed E-state index contributed by atoms with van der Waals surface area (Å²) in [5.41, 5.74) is 1.68. The Balaban J connectivity index is 1.85. The third-order valence-corrected chi connectivity index (χ3v) is 3.06. The van der Waals surface area contributed by atoms with Crippen molar-refractivity contribution in [2.45, 2.75) is 6.42 Å². The van der Waals surface area contributed by atoms with Crippen LogP contribution in [0, 0.1) is 0 Å². The van der Waals surface area contributed by atoms with Crippen molar-refractivity contribution in [2.24, 2.45) is 0 Å². The molecular formula is C16H18N2O3. The number of pyridine rings is 1. The van der Waals surface area contributed by atoms with Crippen LogP contribution in [0.5, 0.6) is 11.6 Å². The Morgan fingerprint density at radius 1 is 1.14 bits per heavy atom. The molecule has 110 valence electrons. The van der Waals surface area contributed by atoms with Crippen molar-refractivity contribution in [1.29, 1.82) is 0 Å². The van der Waals surface area contributed by atoms with Crippen LogP contribution in [0.15, 0.2) is 42.6 Å². The topological polar surface area (TPSA) is 60.5 Å². The van der Waals surface area contributed by atoms with Crippen molar-refractivity contribution < 1.29 is 14.3 Å². The van der Waals surface area contributed by atoms with Crippen molar-refractivity contribution >= 4 is 5.91 Å². The van der Waals surface area contributed by atoms with Gasteiger partial charge in [-0.05, 0) is 30.2 Å². The van der Waals surface area contributed by atoms with Crippen molar-refractivity contribution in [1.82, 2.24) is 10.3 Å². The summed E-state index contributed by atoms with van der Waals surface area (Å²) in [6.45, 7) is 0.565. The molecule has 0 radical (unpaired) electrons. The average Bonchev–Trinajstić information content (AvgIpc) is 2.55. The molecule has 2 aromatic rings. The molecule has 1 aromatic carbocycles. The number of nitrogens with one attached hydrogen (secondary N) is 1. The number of amides is 1. The van der Waals surface area contributed by atoms with E-state index in [1.54, 1.807) is 25.4 Å². The number of rotatable bonds is 6. The van der Waals surface area contributed by atoms with Gasteiger partial charge in [-0.15, -0.1) is 0 Å². The van der Waals surface area contributed by atoms with E-state index < -0.39 is 0 Å². The lowest BCUT2D eigenvalue weighted by Crippen LogP contribution is -2.25. The first kappa shape index (κ1) is 14.8. The van der Waals surface area contributed by atoms with Crippen molar-refractivity contribution in [3.05, 3.63) is 53.7 Å². The fourth-order valence-electron chi connectivity index (χ4n) is 1.88. The van der Waals surface area contributed by atoms with Crippen LogP contribution in [0.4, 0.5) is 0 Å². The molecule has 0 aliphatic rings. The van der Waals surface area contributed by atoms with Crippen molar-refractivity contribution in [2.75, 3.05) is 20.8 Å². The minimum absolute atomic E-state index is 0.135. The summed E-state index contributed by atoms with van der Waals surface area (Å²) >= 11 is 0. The zero-order valence-corrected chi connectivity index (χ0v) is 12.1. The van der Waals surface area contributed by atoms with Gasteiger partial charge < -0.3 is 14.8 Å². The summed E-state index contributed by atoms with van der Waals surface area (Å²) in [5, 5.41) is 2.87. The van der Waals surface area contributed by atoms with E-state index in [0.717, 1.165) is 17.7 Å². The SMILES string of the molecule is COc1ccc(CCNC(=O)c2ccnc(OC)c2)cc1. The first-order valence-electron chi connectivity index (χ1n) is 6.64. The van der Waals surface area contributed by atoms with Crippen LogP contribution < -0.4 is 14.8 Å². The molecule has 1 N–H and O–H groups in total. The molecule has 2 rings (SSSR count). The molecule has 0 spiro atoms. The van der Waals surface area contributed by atoms with Crippen LogP contribution in [0.2, 0.25) is 0 Å². The quantitative estimate of drug-likeness (QED) is 0.883. The van der Waals surface area contributed by atoms with Gasteiger partial charge >= 0.3 is 0 Å². The number of hydrogen-bond donors (Lipinski definition) is 1. The maximum Gasteiger partial charge on any atom is 0.251 e. The van der Waals surface area contributed by atoms with Crippen LogP contribution in [-0.4, -0.2) is 31.7 Å². The standard InChI is InChI=1S/C16H18N2O3/c1-20-14-5-3-12(4-6-14)7-9-18-16(19)13-8-10-17-15(11-13)21-2/h3-6,8,10-11H,7,9H2,1-2H3,(H,18,19). The van der Waals surface area contributed by atoms with Gasteiger partial charge in [0.2, 0.25) is 5.88 Å². The Kier molecular flexibility index (Phi) is 5.15. The zero-order valence-electron chi connectivity index (χ0n) is 12.1. The highest BCUT2D eigenvalue weighted by atomic mass is 16.5. The van der Waals surface area contributed by atoms with Crippen LogP contribution >= 0.6 is 0 Å². The van der Waals surface area contributed by atoms with Gasteiger partial charge in [0, 0.05) is 24.4 Å². The van der Waals surface area contributed by atoms with Gasteiger partial charge in [-0.25, -0.2) is 4.98 Å². The number of ether oxygens (including phenoxy) is 2. The largest absolute Gasteiger partial charge is 0.497 e. The van der Waals surface area contributed by atoms with Gasteiger partial charge in [0.05, 0.1) is 14.2 Å². The second-order valence-corrected chi connectivity index (χ2v) is 4.44. The van der Waals surface area contributed by atoms with Gasteiger partial charge in [-0.3, -0.25) is 4.79 Å². The highest BCUT2D eigenvalue weighted by molar-refractivity contribution is 5.94. The third kappa shape index (κ3) is 4.21. The van der Waals surface area contributed by atoms with Crippen LogP contribution in [-0.2, 0) is 6.42 Å².